The molecule has 0 spiro atoms. The Balaban J connectivity index is 1.42. The van der Waals surface area contributed by atoms with Gasteiger partial charge in [0.15, 0.2) is 0 Å². The monoisotopic (exact) mass is 712 g/mol. The molecule has 3 aromatic rings. The lowest BCUT2D eigenvalue weighted by molar-refractivity contribution is -0.396. The van der Waals surface area contributed by atoms with Crippen LogP contribution in [0.25, 0.3) is 22.2 Å². The number of halogens is 9. The van der Waals surface area contributed by atoms with Crippen molar-refractivity contribution in [3.8, 4) is 22.8 Å². The van der Waals surface area contributed by atoms with E-state index in [0.29, 0.717) is 38.9 Å². The lowest BCUT2D eigenvalue weighted by atomic mass is 9.98. The maximum absolute atomic E-state index is 13.7. The van der Waals surface area contributed by atoms with Crippen molar-refractivity contribution < 1.29 is 54.8 Å². The van der Waals surface area contributed by atoms with Crippen LogP contribution in [-0.4, -0.2) is 75.0 Å². The molecule has 276 valence electrons. The van der Waals surface area contributed by atoms with E-state index in [1.807, 2.05) is 25.1 Å². The molecule has 0 bridgehead atoms. The van der Waals surface area contributed by atoms with Gasteiger partial charge in [0.2, 0.25) is 0 Å². The van der Waals surface area contributed by atoms with Crippen molar-refractivity contribution in [2.24, 2.45) is 0 Å². The number of alkyl halides is 9. The second kappa shape index (κ2) is 17.2. The standard InChI is InChI=1S/C35H45F9N2O3/c1-25-29-24-28(49)16-17-30(29)46(31(25)26-12-14-27(48)15-13-26)22-10-5-2-4-8-19-45(21-11-23-47)20-9-6-3-7-18-32(36,37)33(38,39)34(40,41)35(42,43)44/h12-17,24,47-49H,2-11,18-23H2,1H3. The molecule has 1 aromatic heterocycles. The van der Waals surface area contributed by atoms with Crippen molar-refractivity contribution in [1.29, 1.82) is 0 Å². The second-order valence-corrected chi connectivity index (χ2v) is 12.6. The van der Waals surface area contributed by atoms with E-state index >= 15 is 0 Å². The highest BCUT2D eigenvalue weighted by atomic mass is 19.4. The predicted molar refractivity (Wildman–Crippen MR) is 171 cm³/mol. The van der Waals surface area contributed by atoms with Gasteiger partial charge in [-0.25, -0.2) is 0 Å². The Kier molecular flexibility index (Phi) is 14.1. The minimum Gasteiger partial charge on any atom is -0.508 e. The molecule has 0 saturated heterocycles. The molecule has 0 amide bonds. The number of benzene rings is 2. The number of fused-ring (bicyclic) bond motifs is 1. The number of phenolic OH excluding ortho intramolecular Hbond substituents is 2. The molecule has 49 heavy (non-hydrogen) atoms. The number of unbranched alkanes of at least 4 members (excludes halogenated alkanes) is 7. The van der Waals surface area contributed by atoms with Crippen LogP contribution in [0.2, 0.25) is 0 Å². The summed E-state index contributed by atoms with van der Waals surface area (Å²) in [7, 11) is 0. The molecule has 0 fully saturated rings. The van der Waals surface area contributed by atoms with Crippen LogP contribution in [0.5, 0.6) is 11.5 Å². The highest BCUT2D eigenvalue weighted by Crippen LogP contribution is 2.54. The average molecular weight is 713 g/mol. The summed E-state index contributed by atoms with van der Waals surface area (Å²) >= 11 is 0. The Hall–Kier alpha value is -3.13. The number of aliphatic hydroxyl groups is 1. The Morgan fingerprint density at radius 3 is 1.76 bits per heavy atom. The third-order valence-corrected chi connectivity index (χ3v) is 8.85. The molecule has 3 N–H and O–H groups in total. The predicted octanol–water partition coefficient (Wildman–Crippen LogP) is 10.1. The van der Waals surface area contributed by atoms with Gasteiger partial charge in [-0.05, 0) is 106 Å². The van der Waals surface area contributed by atoms with Crippen LogP contribution in [-0.2, 0) is 6.54 Å². The third kappa shape index (κ3) is 9.99. The summed E-state index contributed by atoms with van der Waals surface area (Å²) in [6, 6.07) is 12.3. The van der Waals surface area contributed by atoms with Crippen molar-refractivity contribution >= 4 is 10.9 Å². The molecule has 0 aliphatic rings. The van der Waals surface area contributed by atoms with E-state index in [9.17, 15) is 54.8 Å². The van der Waals surface area contributed by atoms with Gasteiger partial charge in [-0.15, -0.1) is 0 Å². The minimum absolute atomic E-state index is 0.0261. The summed E-state index contributed by atoms with van der Waals surface area (Å²) in [5.74, 6) is -18.6. The number of nitrogens with zero attached hydrogens (tertiary/aromatic N) is 2. The summed E-state index contributed by atoms with van der Waals surface area (Å²) in [5, 5.41) is 30.0. The fraction of sp³-hybridized carbons (Fsp3) is 0.600. The first-order valence-corrected chi connectivity index (χ1v) is 16.6. The number of rotatable bonds is 21. The van der Waals surface area contributed by atoms with Crippen LogP contribution in [0, 0.1) is 6.92 Å². The molecular weight excluding hydrogens is 667 g/mol. The molecule has 2 aromatic carbocycles. The van der Waals surface area contributed by atoms with Crippen molar-refractivity contribution in [3.05, 3.63) is 48.0 Å². The Labute approximate surface area is 280 Å². The van der Waals surface area contributed by atoms with Gasteiger partial charge in [0, 0.05) is 37.0 Å². The molecule has 14 heteroatoms. The summed E-state index contributed by atoms with van der Waals surface area (Å²) in [6.45, 7) is 4.57. The number of hydrogen-bond donors (Lipinski definition) is 3. The molecular formula is C35H45F9N2O3. The Morgan fingerprint density at radius 1 is 0.633 bits per heavy atom. The normalized spacial score (nSPS) is 13.2. The molecule has 0 saturated carbocycles. The smallest absolute Gasteiger partial charge is 0.460 e. The number of aromatic hydroxyl groups is 2. The van der Waals surface area contributed by atoms with Crippen molar-refractivity contribution in [1.82, 2.24) is 9.47 Å². The van der Waals surface area contributed by atoms with E-state index in [0.717, 1.165) is 66.4 Å². The number of aryl methyl sites for hydroxylation is 2. The molecule has 0 unspecified atom stereocenters. The fourth-order valence-electron chi connectivity index (χ4n) is 6.10. The summed E-state index contributed by atoms with van der Waals surface area (Å²) in [6.07, 6.45) is -3.34. The van der Waals surface area contributed by atoms with Crippen LogP contribution in [0.1, 0.15) is 76.2 Å². The van der Waals surface area contributed by atoms with Crippen LogP contribution in [0.3, 0.4) is 0 Å². The lowest BCUT2D eigenvalue weighted by Crippen LogP contribution is -2.60. The zero-order chi connectivity index (χ0) is 36.5. The molecule has 0 atom stereocenters. The third-order valence-electron chi connectivity index (χ3n) is 8.85. The molecule has 1 heterocycles. The molecule has 0 aliphatic heterocycles. The quantitative estimate of drug-likeness (QED) is 0.0760. The maximum Gasteiger partial charge on any atom is 0.460 e. The number of aromatic nitrogens is 1. The zero-order valence-electron chi connectivity index (χ0n) is 27.5. The first-order valence-electron chi connectivity index (χ1n) is 16.6. The van der Waals surface area contributed by atoms with Gasteiger partial charge in [-0.1, -0.05) is 32.1 Å². The average Bonchev–Trinajstić information content (AvgIpc) is 3.30. The van der Waals surface area contributed by atoms with Gasteiger partial charge in [0.1, 0.15) is 11.5 Å². The lowest BCUT2D eigenvalue weighted by Gasteiger charge is -2.33. The number of aliphatic hydroxyl groups excluding tert-OH is 1. The first-order chi connectivity index (χ1) is 22.9. The highest BCUT2D eigenvalue weighted by Gasteiger charge is 2.81. The number of hydrogen-bond acceptors (Lipinski definition) is 4. The van der Waals surface area contributed by atoms with Gasteiger partial charge in [-0.3, -0.25) is 0 Å². The van der Waals surface area contributed by atoms with Crippen molar-refractivity contribution in [3.63, 3.8) is 0 Å². The molecule has 0 radical (unpaired) electrons. The largest absolute Gasteiger partial charge is 0.508 e. The van der Waals surface area contributed by atoms with E-state index in [-0.39, 0.29) is 24.5 Å². The van der Waals surface area contributed by atoms with Crippen LogP contribution < -0.4 is 0 Å². The minimum atomic E-state index is -6.85. The zero-order valence-corrected chi connectivity index (χ0v) is 27.5. The van der Waals surface area contributed by atoms with Crippen LogP contribution >= 0.6 is 0 Å². The molecule has 3 rings (SSSR count). The van der Waals surface area contributed by atoms with Crippen molar-refractivity contribution in [2.75, 3.05) is 26.2 Å². The topological polar surface area (TPSA) is 68.9 Å². The van der Waals surface area contributed by atoms with Crippen LogP contribution in [0.4, 0.5) is 39.5 Å². The van der Waals surface area contributed by atoms with Gasteiger partial charge in [0.25, 0.3) is 0 Å². The molecule has 0 aliphatic carbocycles. The second-order valence-electron chi connectivity index (χ2n) is 12.6. The fourth-order valence-corrected chi connectivity index (χ4v) is 6.10. The summed E-state index contributed by atoms with van der Waals surface area (Å²) < 4.78 is 120. The van der Waals surface area contributed by atoms with E-state index in [2.05, 4.69) is 9.47 Å². The van der Waals surface area contributed by atoms with Crippen molar-refractivity contribution in [2.45, 2.75) is 108 Å². The summed E-state index contributed by atoms with van der Waals surface area (Å²) in [4.78, 5) is 2.09. The maximum atomic E-state index is 13.7. The van der Waals surface area contributed by atoms with Crippen LogP contribution in [0.15, 0.2) is 42.5 Å². The number of phenols is 2. The van der Waals surface area contributed by atoms with E-state index in [1.165, 1.54) is 0 Å². The van der Waals surface area contributed by atoms with E-state index in [4.69, 9.17) is 0 Å². The van der Waals surface area contributed by atoms with Gasteiger partial charge in [-0.2, -0.15) is 39.5 Å². The van der Waals surface area contributed by atoms with Gasteiger partial charge in [0.05, 0.1) is 5.69 Å². The van der Waals surface area contributed by atoms with E-state index in [1.54, 1.807) is 24.3 Å². The van der Waals surface area contributed by atoms with Gasteiger partial charge >= 0.3 is 23.9 Å². The highest BCUT2D eigenvalue weighted by molar-refractivity contribution is 5.92. The van der Waals surface area contributed by atoms with E-state index < -0.39 is 36.8 Å². The Morgan fingerprint density at radius 2 is 1.16 bits per heavy atom. The Bertz CT molecular complexity index is 1460. The molecule has 5 nitrogen and oxygen atoms in total. The SMILES string of the molecule is Cc1c(-c2ccc(O)cc2)n(CCCCCCCN(CCCO)CCCCCCC(F)(F)C(F)(F)C(F)(F)C(F)(F)F)c2ccc(O)cc12. The van der Waals surface area contributed by atoms with Gasteiger partial charge < -0.3 is 24.8 Å². The summed E-state index contributed by atoms with van der Waals surface area (Å²) in [5.41, 5.74) is 4.02. The first kappa shape index (κ1) is 40.3.